The van der Waals surface area contributed by atoms with Crippen molar-refractivity contribution in [1.82, 2.24) is 0 Å². The molecule has 30 heavy (non-hydrogen) atoms. The first-order valence-electron chi connectivity index (χ1n) is 9.49. The molecule has 6 nitrogen and oxygen atoms in total. The Bertz CT molecular complexity index is 830. The SMILES string of the molecule is C#CCC(=C/C)/C(=C\C=C/C)N=C(N)C#Cc1ccc([N+](=O)[O-])o1.CC.CC.CS. The predicted molar refractivity (Wildman–Crippen MR) is 132 cm³/mol. The zero-order chi connectivity index (χ0) is 23.9. The highest BCUT2D eigenvalue weighted by Crippen LogP contribution is 2.16. The first-order chi connectivity index (χ1) is 14.5. The van der Waals surface area contributed by atoms with Crippen molar-refractivity contribution in [2.75, 3.05) is 6.26 Å². The molecule has 164 valence electrons. The number of nitrogens with two attached hydrogens (primary N) is 1. The number of nitrogens with zero attached hydrogens (tertiary/aromatic N) is 2. The van der Waals surface area contributed by atoms with E-state index in [0.717, 1.165) is 5.57 Å². The van der Waals surface area contributed by atoms with Gasteiger partial charge in [-0.15, -0.1) is 12.3 Å². The van der Waals surface area contributed by atoms with Gasteiger partial charge in [0.05, 0.1) is 11.8 Å². The van der Waals surface area contributed by atoms with Crippen molar-refractivity contribution < 1.29 is 9.34 Å². The fraction of sp³-hybridized carbons (Fsp3) is 0.348. The molecule has 0 fully saturated rings. The summed E-state index contributed by atoms with van der Waals surface area (Å²) in [4.78, 5) is 14.2. The van der Waals surface area contributed by atoms with Crippen LogP contribution in [0.25, 0.3) is 0 Å². The van der Waals surface area contributed by atoms with Crippen LogP contribution in [0.4, 0.5) is 5.88 Å². The molecule has 0 saturated carbocycles. The van der Waals surface area contributed by atoms with Gasteiger partial charge < -0.3 is 10.2 Å². The molecule has 0 saturated heterocycles. The number of hydrogen-bond acceptors (Lipinski definition) is 5. The fourth-order valence-corrected chi connectivity index (χ4v) is 1.63. The lowest BCUT2D eigenvalue weighted by molar-refractivity contribution is -0.402. The lowest BCUT2D eigenvalue weighted by Crippen LogP contribution is -2.09. The largest absolute Gasteiger partial charge is 0.434 e. The smallest absolute Gasteiger partial charge is 0.392 e. The van der Waals surface area contributed by atoms with Crippen LogP contribution in [0.5, 0.6) is 0 Å². The number of aliphatic imine (C=N–C) groups is 1. The highest BCUT2D eigenvalue weighted by molar-refractivity contribution is 7.79. The van der Waals surface area contributed by atoms with Crippen LogP contribution in [0, 0.1) is 34.3 Å². The van der Waals surface area contributed by atoms with Gasteiger partial charge in [0.25, 0.3) is 0 Å². The number of furan rings is 1. The molecule has 0 spiro atoms. The minimum Gasteiger partial charge on any atom is -0.392 e. The van der Waals surface area contributed by atoms with Crippen LogP contribution in [0.15, 0.2) is 57.1 Å². The van der Waals surface area contributed by atoms with Gasteiger partial charge in [0, 0.05) is 12.5 Å². The Morgan fingerprint density at radius 1 is 1.30 bits per heavy atom. The van der Waals surface area contributed by atoms with Crippen LogP contribution in [0.3, 0.4) is 0 Å². The van der Waals surface area contributed by atoms with Gasteiger partial charge in [0.1, 0.15) is 4.92 Å². The predicted octanol–water partition coefficient (Wildman–Crippen LogP) is 5.92. The van der Waals surface area contributed by atoms with Crippen molar-refractivity contribution in [2.45, 2.75) is 48.0 Å². The average Bonchev–Trinajstić information content (AvgIpc) is 3.27. The lowest BCUT2D eigenvalue weighted by atomic mass is 10.1. The van der Waals surface area contributed by atoms with E-state index in [4.69, 9.17) is 16.6 Å². The average molecular weight is 432 g/mol. The van der Waals surface area contributed by atoms with Gasteiger partial charge in [-0.1, -0.05) is 45.9 Å². The van der Waals surface area contributed by atoms with Gasteiger partial charge in [0.2, 0.25) is 0 Å². The standard InChI is InChI=1S/C18H17N3O3.2C2H6.CH4S/c1-4-7-9-16(14(6-3)8-5-2)20-17(19)12-10-15-11-13-18(24-15)21(22)23;3*1-2/h2,4,6-7,9,11,13H,8H2,1,3H3,(H2,19,20);2*1-2H3;2H,1H3/b7-4-,14-6-,16-9+;;;. The monoisotopic (exact) mass is 431 g/mol. The Morgan fingerprint density at radius 3 is 2.33 bits per heavy atom. The summed E-state index contributed by atoms with van der Waals surface area (Å²) >= 11 is 3.53. The topological polar surface area (TPSA) is 94.7 Å². The molecule has 0 unspecified atom stereocenters. The van der Waals surface area contributed by atoms with E-state index in [-0.39, 0.29) is 17.5 Å². The lowest BCUT2D eigenvalue weighted by Gasteiger charge is -2.03. The molecular weight excluding hydrogens is 398 g/mol. The van der Waals surface area contributed by atoms with Crippen LogP contribution in [-0.2, 0) is 0 Å². The molecule has 1 aromatic rings. The van der Waals surface area contributed by atoms with E-state index in [1.807, 2.05) is 59.8 Å². The van der Waals surface area contributed by atoms with E-state index in [1.165, 1.54) is 12.1 Å². The molecule has 0 aliphatic carbocycles. The summed E-state index contributed by atoms with van der Waals surface area (Å²) in [5.74, 6) is 7.54. The van der Waals surface area contributed by atoms with E-state index < -0.39 is 4.92 Å². The van der Waals surface area contributed by atoms with Crippen LogP contribution >= 0.6 is 12.6 Å². The zero-order valence-electron chi connectivity index (χ0n) is 18.9. The maximum atomic E-state index is 10.5. The van der Waals surface area contributed by atoms with Gasteiger partial charge in [-0.25, -0.2) is 4.99 Å². The second-order valence-corrected chi connectivity index (χ2v) is 4.41. The molecule has 0 aliphatic heterocycles. The summed E-state index contributed by atoms with van der Waals surface area (Å²) in [5, 5.41) is 10.5. The quantitative estimate of drug-likeness (QED) is 0.115. The Morgan fingerprint density at radius 2 is 1.90 bits per heavy atom. The summed E-state index contributed by atoms with van der Waals surface area (Å²) in [5.41, 5.74) is 7.25. The fourth-order valence-electron chi connectivity index (χ4n) is 1.63. The number of rotatable bonds is 5. The van der Waals surface area contributed by atoms with Crippen LogP contribution in [0.1, 0.15) is 53.7 Å². The highest BCUT2D eigenvalue weighted by Gasteiger charge is 2.10. The first-order valence-corrected chi connectivity index (χ1v) is 10.4. The van der Waals surface area contributed by atoms with Crippen molar-refractivity contribution in [2.24, 2.45) is 10.7 Å². The summed E-state index contributed by atoms with van der Waals surface area (Å²) in [6.45, 7) is 11.7. The van der Waals surface area contributed by atoms with Crippen molar-refractivity contribution in [3.05, 3.63) is 63.6 Å². The highest BCUT2D eigenvalue weighted by atomic mass is 32.1. The number of allylic oxidation sites excluding steroid dienone is 5. The minimum atomic E-state index is -0.640. The summed E-state index contributed by atoms with van der Waals surface area (Å²) in [7, 11) is 0. The van der Waals surface area contributed by atoms with E-state index in [0.29, 0.717) is 12.1 Å². The number of nitro groups is 1. The third-order valence-corrected chi connectivity index (χ3v) is 2.74. The van der Waals surface area contributed by atoms with Crippen LogP contribution < -0.4 is 5.73 Å². The van der Waals surface area contributed by atoms with Crippen LogP contribution in [0.2, 0.25) is 0 Å². The summed E-state index contributed by atoms with van der Waals surface area (Å²) < 4.78 is 4.93. The van der Waals surface area contributed by atoms with Gasteiger partial charge in [-0.2, -0.15) is 12.6 Å². The molecule has 1 heterocycles. The third-order valence-electron chi connectivity index (χ3n) is 2.74. The number of terminal acetylenes is 1. The van der Waals surface area contributed by atoms with E-state index in [1.54, 1.807) is 12.3 Å². The Hall–Kier alpha value is -3.16. The Labute approximate surface area is 186 Å². The molecule has 1 aromatic heterocycles. The molecule has 2 N–H and O–H groups in total. The normalized spacial score (nSPS) is 10.7. The number of amidine groups is 1. The molecule has 0 aromatic carbocycles. The number of hydrogen-bond donors (Lipinski definition) is 2. The second-order valence-electron chi connectivity index (χ2n) is 4.41. The van der Waals surface area contributed by atoms with Crippen molar-refractivity contribution >= 4 is 24.3 Å². The molecule has 7 heteroatoms. The Kier molecular flexibility index (Phi) is 23.3. The number of thiol groups is 1. The summed E-state index contributed by atoms with van der Waals surface area (Å²) in [6, 6.07) is 2.62. The molecular formula is C23H33N3O3S. The molecule has 1 rings (SSSR count). The maximum Gasteiger partial charge on any atom is 0.434 e. The van der Waals surface area contributed by atoms with Crippen molar-refractivity contribution in [1.29, 1.82) is 0 Å². The van der Waals surface area contributed by atoms with Gasteiger partial charge in [-0.05, 0) is 43.6 Å². The molecule has 0 atom stereocenters. The van der Waals surface area contributed by atoms with Gasteiger partial charge >= 0.3 is 5.88 Å². The summed E-state index contributed by atoms with van der Waals surface area (Å²) in [6.07, 6.45) is 14.8. The second kappa shape index (κ2) is 22.1. The van der Waals surface area contributed by atoms with E-state index in [9.17, 15) is 10.1 Å². The van der Waals surface area contributed by atoms with E-state index >= 15 is 0 Å². The van der Waals surface area contributed by atoms with Gasteiger partial charge in [-0.3, -0.25) is 10.1 Å². The minimum absolute atomic E-state index is 0.0428. The third kappa shape index (κ3) is 13.9. The Balaban J connectivity index is -0.00000111. The maximum absolute atomic E-state index is 10.5. The molecule has 0 aliphatic rings. The van der Waals surface area contributed by atoms with Crippen molar-refractivity contribution in [3.8, 4) is 24.2 Å². The molecule has 0 radical (unpaired) electrons. The van der Waals surface area contributed by atoms with E-state index in [2.05, 4.69) is 35.4 Å². The van der Waals surface area contributed by atoms with Gasteiger partial charge in [0.15, 0.2) is 11.6 Å². The first kappa shape index (κ1) is 31.5. The molecule has 0 amide bonds. The van der Waals surface area contributed by atoms with Crippen molar-refractivity contribution in [3.63, 3.8) is 0 Å². The van der Waals surface area contributed by atoms with Crippen LogP contribution in [-0.4, -0.2) is 17.0 Å². The molecule has 0 bridgehead atoms. The zero-order valence-corrected chi connectivity index (χ0v) is 19.8.